The number of benzene rings is 1. The van der Waals surface area contributed by atoms with Crippen LogP contribution in [-0.4, -0.2) is 48.7 Å². The summed E-state index contributed by atoms with van der Waals surface area (Å²) in [7, 11) is 4.52. The van der Waals surface area contributed by atoms with E-state index in [1.165, 1.54) is 40.0 Å². The molecule has 0 heterocycles. The van der Waals surface area contributed by atoms with Crippen molar-refractivity contribution in [1.29, 1.82) is 0 Å². The van der Waals surface area contributed by atoms with Crippen LogP contribution in [0.2, 0.25) is 0 Å². The number of carbonyl (C=O) groups is 2. The molecule has 1 aromatic rings. The fourth-order valence-electron chi connectivity index (χ4n) is 1.76. The molecule has 0 unspecified atom stereocenters. The molecule has 21 heavy (non-hydrogen) atoms. The highest BCUT2D eigenvalue weighted by atomic mass is 16.5. The van der Waals surface area contributed by atoms with Gasteiger partial charge in [-0.1, -0.05) is 0 Å². The zero-order chi connectivity index (χ0) is 16.2. The number of nitrogens with zero attached hydrogens (tertiary/aromatic N) is 1. The summed E-state index contributed by atoms with van der Waals surface area (Å²) in [5, 5.41) is 9.17. The number of carbonyl (C=O) groups excluding carboxylic acids is 1. The molecule has 1 amide bonds. The van der Waals surface area contributed by atoms with Gasteiger partial charge in [-0.3, -0.25) is 4.79 Å². The Kier molecular flexibility index (Phi) is 5.18. The second kappa shape index (κ2) is 6.47. The van der Waals surface area contributed by atoms with Crippen molar-refractivity contribution < 1.29 is 24.2 Å². The van der Waals surface area contributed by atoms with E-state index in [0.29, 0.717) is 17.1 Å². The van der Waals surface area contributed by atoms with E-state index in [1.807, 2.05) is 0 Å². The Bertz CT molecular complexity index is 539. The highest BCUT2D eigenvalue weighted by Gasteiger charge is 2.35. The van der Waals surface area contributed by atoms with Crippen molar-refractivity contribution in [2.24, 2.45) is 0 Å². The summed E-state index contributed by atoms with van der Waals surface area (Å²) in [6.45, 7) is 2.96. The van der Waals surface area contributed by atoms with Crippen LogP contribution in [0.4, 0.5) is 0 Å². The maximum Gasteiger partial charge on any atom is 0.329 e. The minimum atomic E-state index is -1.27. The molecule has 0 aliphatic rings. The number of likely N-dealkylation sites (N-methyl/N-ethyl adjacent to an activating group) is 1. The third-order valence-electron chi connectivity index (χ3n) is 3.57. The van der Waals surface area contributed by atoms with Gasteiger partial charge in [-0.05, 0) is 32.0 Å². The van der Waals surface area contributed by atoms with Gasteiger partial charge in [-0.15, -0.1) is 0 Å². The Morgan fingerprint density at radius 1 is 1.24 bits per heavy atom. The van der Waals surface area contributed by atoms with Crippen LogP contribution in [-0.2, 0) is 16.0 Å². The lowest BCUT2D eigenvalue weighted by molar-refractivity contribution is -0.155. The summed E-state index contributed by atoms with van der Waals surface area (Å²) in [5.74, 6) is -0.200. The van der Waals surface area contributed by atoms with E-state index in [0.717, 1.165) is 0 Å². The predicted octanol–water partition coefficient (Wildman–Crippen LogP) is 1.57. The summed E-state index contributed by atoms with van der Waals surface area (Å²) < 4.78 is 10.3. The van der Waals surface area contributed by atoms with Crippen molar-refractivity contribution in [2.75, 3.05) is 21.3 Å². The molecule has 0 radical (unpaired) electrons. The lowest BCUT2D eigenvalue weighted by Crippen LogP contribution is -2.51. The molecule has 0 atom stereocenters. The van der Waals surface area contributed by atoms with Gasteiger partial charge < -0.3 is 19.5 Å². The van der Waals surface area contributed by atoms with Crippen molar-refractivity contribution in [3.63, 3.8) is 0 Å². The van der Waals surface area contributed by atoms with Gasteiger partial charge in [0, 0.05) is 12.6 Å². The van der Waals surface area contributed by atoms with E-state index >= 15 is 0 Å². The Morgan fingerprint density at radius 2 is 1.86 bits per heavy atom. The monoisotopic (exact) mass is 295 g/mol. The molecular formula is C15H21NO5. The van der Waals surface area contributed by atoms with Crippen molar-refractivity contribution in [2.45, 2.75) is 25.8 Å². The van der Waals surface area contributed by atoms with Crippen LogP contribution in [0.15, 0.2) is 18.2 Å². The number of methoxy groups -OCH3 is 2. The molecule has 0 saturated heterocycles. The molecule has 1 aromatic carbocycles. The summed E-state index contributed by atoms with van der Waals surface area (Å²) in [5.41, 5.74) is -0.627. The summed E-state index contributed by atoms with van der Waals surface area (Å²) >= 11 is 0. The molecule has 1 N–H and O–H groups in total. The van der Waals surface area contributed by atoms with Gasteiger partial charge in [0.1, 0.15) is 17.0 Å². The Labute approximate surface area is 124 Å². The Morgan fingerprint density at radius 3 is 2.33 bits per heavy atom. The van der Waals surface area contributed by atoms with E-state index in [-0.39, 0.29) is 12.3 Å². The fourth-order valence-corrected chi connectivity index (χ4v) is 1.76. The largest absolute Gasteiger partial charge is 0.497 e. The van der Waals surface area contributed by atoms with Crippen molar-refractivity contribution in [3.05, 3.63) is 23.8 Å². The summed E-state index contributed by atoms with van der Waals surface area (Å²) in [6, 6.07) is 5.15. The second-order valence-electron chi connectivity index (χ2n) is 5.17. The first-order chi connectivity index (χ1) is 9.73. The van der Waals surface area contributed by atoms with Gasteiger partial charge in [0.25, 0.3) is 0 Å². The smallest absolute Gasteiger partial charge is 0.329 e. The number of ether oxygens (including phenoxy) is 2. The Balaban J connectivity index is 3.00. The number of amides is 1. The van der Waals surface area contributed by atoms with Crippen LogP contribution < -0.4 is 9.47 Å². The van der Waals surface area contributed by atoms with Crippen LogP contribution in [0.25, 0.3) is 0 Å². The van der Waals surface area contributed by atoms with Gasteiger partial charge >= 0.3 is 5.97 Å². The number of hydrogen-bond acceptors (Lipinski definition) is 4. The molecular weight excluding hydrogens is 274 g/mol. The standard InChI is InChI=1S/C15H21NO5/c1-15(2,14(18)19)16(3)13(17)9-10-8-11(20-4)6-7-12(10)21-5/h6-8H,9H2,1-5H3,(H,18,19). The highest BCUT2D eigenvalue weighted by Crippen LogP contribution is 2.25. The maximum absolute atomic E-state index is 12.3. The van der Waals surface area contributed by atoms with Crippen LogP contribution in [0.3, 0.4) is 0 Å². The topological polar surface area (TPSA) is 76.1 Å². The lowest BCUT2D eigenvalue weighted by atomic mass is 10.0. The molecule has 0 bridgehead atoms. The first-order valence-corrected chi connectivity index (χ1v) is 6.45. The van der Waals surface area contributed by atoms with Gasteiger partial charge in [-0.25, -0.2) is 4.79 Å². The summed E-state index contributed by atoms with van der Waals surface area (Å²) in [6.07, 6.45) is 0.0353. The summed E-state index contributed by atoms with van der Waals surface area (Å²) in [4.78, 5) is 24.7. The number of hydrogen-bond donors (Lipinski definition) is 1. The first-order valence-electron chi connectivity index (χ1n) is 6.45. The zero-order valence-corrected chi connectivity index (χ0v) is 13.0. The first kappa shape index (κ1) is 16.8. The maximum atomic E-state index is 12.3. The molecule has 116 valence electrons. The zero-order valence-electron chi connectivity index (χ0n) is 13.0. The molecule has 0 saturated carbocycles. The molecule has 6 nitrogen and oxygen atoms in total. The predicted molar refractivity (Wildman–Crippen MR) is 77.7 cm³/mol. The minimum absolute atomic E-state index is 0.0353. The fraction of sp³-hybridized carbons (Fsp3) is 0.467. The Hall–Kier alpha value is -2.24. The molecule has 6 heteroatoms. The number of rotatable bonds is 6. The van der Waals surface area contributed by atoms with Crippen LogP contribution >= 0.6 is 0 Å². The van der Waals surface area contributed by atoms with E-state index in [9.17, 15) is 14.7 Å². The van der Waals surface area contributed by atoms with Gasteiger partial charge in [0.05, 0.1) is 20.6 Å². The molecule has 0 aromatic heterocycles. The van der Waals surface area contributed by atoms with E-state index < -0.39 is 11.5 Å². The van der Waals surface area contributed by atoms with E-state index in [1.54, 1.807) is 18.2 Å². The SMILES string of the molecule is COc1ccc(OC)c(CC(=O)N(C)C(C)(C)C(=O)O)c1. The van der Waals surface area contributed by atoms with Crippen LogP contribution in [0.1, 0.15) is 19.4 Å². The number of carboxylic acid groups (broad SMARTS) is 1. The third-order valence-corrected chi connectivity index (χ3v) is 3.57. The second-order valence-corrected chi connectivity index (χ2v) is 5.17. The molecule has 0 aliphatic carbocycles. The average Bonchev–Trinajstić information content (AvgIpc) is 2.45. The van der Waals surface area contributed by atoms with E-state index in [2.05, 4.69) is 0 Å². The van der Waals surface area contributed by atoms with Crippen molar-refractivity contribution >= 4 is 11.9 Å². The van der Waals surface area contributed by atoms with Gasteiger partial charge in [-0.2, -0.15) is 0 Å². The number of carboxylic acids is 1. The van der Waals surface area contributed by atoms with Crippen molar-refractivity contribution in [3.8, 4) is 11.5 Å². The van der Waals surface area contributed by atoms with Crippen LogP contribution in [0.5, 0.6) is 11.5 Å². The third kappa shape index (κ3) is 3.65. The molecule has 1 rings (SSSR count). The highest BCUT2D eigenvalue weighted by molar-refractivity contribution is 5.87. The number of aliphatic carboxylic acids is 1. The quantitative estimate of drug-likeness (QED) is 0.862. The normalized spacial score (nSPS) is 10.9. The van der Waals surface area contributed by atoms with Gasteiger partial charge in [0.2, 0.25) is 5.91 Å². The van der Waals surface area contributed by atoms with E-state index in [4.69, 9.17) is 9.47 Å². The lowest BCUT2D eigenvalue weighted by Gasteiger charge is -2.31. The average molecular weight is 295 g/mol. The minimum Gasteiger partial charge on any atom is -0.497 e. The van der Waals surface area contributed by atoms with Gasteiger partial charge in [0.15, 0.2) is 0 Å². The molecule has 0 fully saturated rings. The molecule has 0 spiro atoms. The molecule has 0 aliphatic heterocycles. The van der Waals surface area contributed by atoms with Crippen molar-refractivity contribution in [1.82, 2.24) is 4.90 Å². The van der Waals surface area contributed by atoms with Crippen LogP contribution in [0, 0.1) is 0 Å².